The molecule has 0 aliphatic carbocycles. The number of ether oxygens (including phenoxy) is 2. The van der Waals surface area contributed by atoms with E-state index >= 15 is 0 Å². The molecule has 3 rings (SSSR count). The monoisotopic (exact) mass is 522 g/mol. The third kappa shape index (κ3) is 6.73. The van der Waals surface area contributed by atoms with Crippen molar-refractivity contribution in [2.24, 2.45) is 7.05 Å². The van der Waals surface area contributed by atoms with Crippen LogP contribution in [0.25, 0.3) is 17.0 Å². The maximum absolute atomic E-state index is 13.1. The van der Waals surface area contributed by atoms with Crippen LogP contribution in [0.5, 0.6) is 11.5 Å². The highest BCUT2D eigenvalue weighted by molar-refractivity contribution is 6.12. The number of Topliss-reactive ketones (excluding diaryl/α,β-unsaturated/α-hetero) is 1. The number of hydrogen-bond acceptors (Lipinski definition) is 7. The molecule has 1 aromatic carbocycles. The maximum Gasteiger partial charge on any atom is 0.410 e. The fraction of sp³-hybridized carbons (Fsp3) is 0.345. The van der Waals surface area contributed by atoms with E-state index in [1.807, 2.05) is 49.7 Å². The van der Waals surface area contributed by atoms with Crippen LogP contribution in [0.2, 0.25) is 0 Å². The highest BCUT2D eigenvalue weighted by atomic mass is 16.5. The number of ketones is 1. The number of alkyl carbamates (subject to hydrolysis) is 1. The van der Waals surface area contributed by atoms with Gasteiger partial charge < -0.3 is 23.6 Å². The van der Waals surface area contributed by atoms with Gasteiger partial charge in [0.15, 0.2) is 5.78 Å². The van der Waals surface area contributed by atoms with Gasteiger partial charge >= 0.3 is 11.7 Å². The Kier molecular flexibility index (Phi) is 9.54. The third-order valence-corrected chi connectivity index (χ3v) is 6.18. The molecule has 2 N–H and O–H groups in total. The van der Waals surface area contributed by atoms with E-state index in [1.54, 1.807) is 19.1 Å². The quantitative estimate of drug-likeness (QED) is 0.246. The number of nitrogens with zero attached hydrogens (tertiary/aromatic N) is 1. The second-order valence-corrected chi connectivity index (χ2v) is 9.07. The Bertz CT molecular complexity index is 1430. The zero-order chi connectivity index (χ0) is 27.8. The number of hydrogen-bond donors (Lipinski definition) is 2. The lowest BCUT2D eigenvalue weighted by Gasteiger charge is -2.11. The van der Waals surface area contributed by atoms with Crippen LogP contribution in [-0.4, -0.2) is 35.3 Å². The van der Waals surface area contributed by atoms with Crippen molar-refractivity contribution in [3.05, 3.63) is 75.6 Å². The Morgan fingerprint density at radius 1 is 1.24 bits per heavy atom. The van der Waals surface area contributed by atoms with Crippen molar-refractivity contribution in [3.63, 3.8) is 0 Å². The van der Waals surface area contributed by atoms with Gasteiger partial charge in [-0.1, -0.05) is 19.9 Å². The number of aryl methyl sites for hydroxylation is 1. The normalized spacial score (nSPS) is 12.6. The van der Waals surface area contributed by atoms with Crippen molar-refractivity contribution in [1.29, 1.82) is 0 Å². The molecule has 2 aromatic heterocycles. The number of methoxy groups -OCH3 is 1. The van der Waals surface area contributed by atoms with Crippen LogP contribution in [0.1, 0.15) is 67.8 Å². The number of amides is 1. The van der Waals surface area contributed by atoms with Gasteiger partial charge in [0.2, 0.25) is 0 Å². The topological polar surface area (TPSA) is 120 Å². The van der Waals surface area contributed by atoms with Gasteiger partial charge in [-0.05, 0) is 62.1 Å². The standard InChI is InChI=1S/C29H34N2O7/c1-6-13-37-22-10-11-23-20(16-22)15-21(31(23)4)14-19(3)27(33)26-24(32)17-25(38-28(26)34)18(2)9-7-8-12-30-29(35)36-5/h8,10-12,14-18,32H,6-7,9,13H2,1-5H3,(H,30,35)/b12-8+,19-14+. The molecular weight excluding hydrogens is 488 g/mol. The van der Waals surface area contributed by atoms with E-state index in [4.69, 9.17) is 9.15 Å². The zero-order valence-electron chi connectivity index (χ0n) is 22.4. The van der Waals surface area contributed by atoms with Crippen molar-refractivity contribution in [3.8, 4) is 11.5 Å². The zero-order valence-corrected chi connectivity index (χ0v) is 22.4. The van der Waals surface area contributed by atoms with Gasteiger partial charge in [-0.2, -0.15) is 0 Å². The minimum absolute atomic E-state index is 0.209. The lowest BCUT2D eigenvalue weighted by Crippen LogP contribution is -2.17. The summed E-state index contributed by atoms with van der Waals surface area (Å²) in [6, 6.07) is 9.07. The minimum Gasteiger partial charge on any atom is -0.507 e. The van der Waals surface area contributed by atoms with E-state index in [2.05, 4.69) is 10.1 Å². The number of carbonyl (C=O) groups is 2. The second kappa shape index (κ2) is 12.8. The van der Waals surface area contributed by atoms with Gasteiger partial charge in [0, 0.05) is 41.8 Å². The first-order valence-electron chi connectivity index (χ1n) is 12.5. The highest BCUT2D eigenvalue weighted by Gasteiger charge is 2.22. The number of carbonyl (C=O) groups excluding carboxylic acids is 2. The number of aromatic nitrogens is 1. The van der Waals surface area contributed by atoms with Crippen LogP contribution in [0.4, 0.5) is 4.79 Å². The largest absolute Gasteiger partial charge is 0.507 e. The number of benzene rings is 1. The molecule has 9 heteroatoms. The van der Waals surface area contributed by atoms with E-state index in [0.717, 1.165) is 28.8 Å². The molecule has 9 nitrogen and oxygen atoms in total. The summed E-state index contributed by atoms with van der Waals surface area (Å²) in [5.74, 6) is -0.184. The van der Waals surface area contributed by atoms with E-state index in [1.165, 1.54) is 19.4 Å². The number of allylic oxidation sites excluding steroid dienone is 2. The second-order valence-electron chi connectivity index (χ2n) is 9.07. The Labute approximate surface area is 221 Å². The van der Waals surface area contributed by atoms with Gasteiger partial charge in [-0.25, -0.2) is 9.59 Å². The van der Waals surface area contributed by atoms with Crippen LogP contribution >= 0.6 is 0 Å². The van der Waals surface area contributed by atoms with Crippen molar-refractivity contribution in [1.82, 2.24) is 9.88 Å². The van der Waals surface area contributed by atoms with E-state index in [-0.39, 0.29) is 17.3 Å². The summed E-state index contributed by atoms with van der Waals surface area (Å²) >= 11 is 0. The van der Waals surface area contributed by atoms with Crippen LogP contribution < -0.4 is 15.7 Å². The number of nitrogens with one attached hydrogen (secondary N) is 1. The van der Waals surface area contributed by atoms with Crippen LogP contribution in [0, 0.1) is 0 Å². The van der Waals surface area contributed by atoms with E-state index in [0.29, 0.717) is 19.4 Å². The minimum atomic E-state index is -0.887. The molecule has 202 valence electrons. The Hall–Kier alpha value is -4.27. The smallest absolute Gasteiger partial charge is 0.410 e. The molecule has 0 aliphatic heterocycles. The molecule has 0 bridgehead atoms. The van der Waals surface area contributed by atoms with Crippen LogP contribution in [0.15, 0.2) is 57.4 Å². The predicted octanol–water partition coefficient (Wildman–Crippen LogP) is 5.67. The average molecular weight is 523 g/mol. The Morgan fingerprint density at radius 3 is 2.68 bits per heavy atom. The van der Waals surface area contributed by atoms with Crippen molar-refractivity contribution in [2.75, 3.05) is 13.7 Å². The van der Waals surface area contributed by atoms with Gasteiger partial charge in [0.25, 0.3) is 0 Å². The molecule has 3 aromatic rings. The first kappa shape index (κ1) is 28.3. The number of fused-ring (bicyclic) bond motifs is 1. The fourth-order valence-corrected chi connectivity index (χ4v) is 3.99. The summed E-state index contributed by atoms with van der Waals surface area (Å²) in [5.41, 5.74) is 0.734. The Balaban J connectivity index is 1.77. The highest BCUT2D eigenvalue weighted by Crippen LogP contribution is 2.28. The molecule has 0 saturated heterocycles. The predicted molar refractivity (Wildman–Crippen MR) is 146 cm³/mol. The maximum atomic E-state index is 13.1. The van der Waals surface area contributed by atoms with Gasteiger partial charge in [0.1, 0.15) is 22.8 Å². The van der Waals surface area contributed by atoms with E-state index in [9.17, 15) is 19.5 Å². The summed E-state index contributed by atoms with van der Waals surface area (Å²) < 4.78 is 17.5. The first-order chi connectivity index (χ1) is 18.2. The average Bonchev–Trinajstić information content (AvgIpc) is 3.20. The van der Waals surface area contributed by atoms with Crippen LogP contribution in [0.3, 0.4) is 0 Å². The Morgan fingerprint density at radius 2 is 2.00 bits per heavy atom. The molecule has 0 radical (unpaired) electrons. The van der Waals surface area contributed by atoms with Gasteiger partial charge in [-0.3, -0.25) is 10.1 Å². The van der Waals surface area contributed by atoms with E-state index < -0.39 is 28.8 Å². The molecule has 0 fully saturated rings. The molecule has 1 unspecified atom stereocenters. The lowest BCUT2D eigenvalue weighted by molar-refractivity contribution is 0.102. The summed E-state index contributed by atoms with van der Waals surface area (Å²) in [7, 11) is 3.16. The summed E-state index contributed by atoms with van der Waals surface area (Å²) in [6.07, 6.45) is 6.40. The number of rotatable bonds is 11. The summed E-state index contributed by atoms with van der Waals surface area (Å²) in [6.45, 7) is 6.11. The number of aromatic hydroxyl groups is 1. The van der Waals surface area contributed by atoms with Gasteiger partial charge in [-0.15, -0.1) is 0 Å². The third-order valence-electron chi connectivity index (χ3n) is 6.18. The molecule has 2 heterocycles. The molecular formula is C29H34N2O7. The molecule has 0 aliphatic rings. The van der Waals surface area contributed by atoms with Crippen molar-refractivity contribution in [2.45, 2.75) is 46.0 Å². The van der Waals surface area contributed by atoms with Gasteiger partial charge in [0.05, 0.1) is 13.7 Å². The van der Waals surface area contributed by atoms with Crippen molar-refractivity contribution >= 4 is 28.9 Å². The summed E-state index contributed by atoms with van der Waals surface area (Å²) in [5, 5.41) is 14.0. The lowest BCUT2D eigenvalue weighted by atomic mass is 9.99. The molecule has 0 saturated carbocycles. The SMILES string of the molecule is CCCOc1ccc2c(c1)cc(/C=C(\C)C(=O)c1c(O)cc(C(C)CC/C=C/NC(=O)OC)oc1=O)n2C. The summed E-state index contributed by atoms with van der Waals surface area (Å²) in [4.78, 5) is 36.9. The molecule has 38 heavy (non-hydrogen) atoms. The van der Waals surface area contributed by atoms with Crippen LogP contribution in [-0.2, 0) is 11.8 Å². The fourth-order valence-electron chi connectivity index (χ4n) is 3.99. The molecule has 1 atom stereocenters. The molecule has 0 spiro atoms. The van der Waals surface area contributed by atoms with Crippen molar-refractivity contribution < 1.29 is 28.6 Å². The molecule has 1 amide bonds. The first-order valence-corrected chi connectivity index (χ1v) is 12.5.